The zero-order valence-corrected chi connectivity index (χ0v) is 21.8. The maximum absolute atomic E-state index is 13.5. The highest BCUT2D eigenvalue weighted by Gasteiger charge is 2.36. The Labute approximate surface area is 204 Å². The number of amides is 3. The Morgan fingerprint density at radius 1 is 1.03 bits per heavy atom. The second-order valence-electron chi connectivity index (χ2n) is 9.61. The molecule has 1 aromatic rings. The maximum atomic E-state index is 13.5. The lowest BCUT2D eigenvalue weighted by molar-refractivity contribution is -0.143. The van der Waals surface area contributed by atoms with Crippen LogP contribution in [-0.4, -0.2) is 58.8 Å². The van der Waals surface area contributed by atoms with Crippen molar-refractivity contribution < 1.29 is 24.2 Å². The van der Waals surface area contributed by atoms with E-state index in [0.717, 1.165) is 24.8 Å². The first-order chi connectivity index (χ1) is 16.0. The van der Waals surface area contributed by atoms with Gasteiger partial charge in [-0.15, -0.1) is 0 Å². The number of ether oxygens (including phenoxy) is 1. The van der Waals surface area contributed by atoms with Gasteiger partial charge in [0.05, 0.1) is 6.61 Å². The van der Waals surface area contributed by atoms with Crippen molar-refractivity contribution in [3.05, 3.63) is 35.4 Å². The highest BCUT2D eigenvalue weighted by molar-refractivity contribution is 5.92. The molecule has 0 radical (unpaired) electrons. The fraction of sp³-hybridized carbons (Fsp3) is 0.654. The van der Waals surface area contributed by atoms with E-state index in [9.17, 15) is 19.5 Å². The molecule has 1 aromatic carbocycles. The smallest absolute Gasteiger partial charge is 0.408 e. The van der Waals surface area contributed by atoms with Gasteiger partial charge in [-0.25, -0.2) is 4.79 Å². The zero-order valence-electron chi connectivity index (χ0n) is 21.8. The predicted molar refractivity (Wildman–Crippen MR) is 133 cm³/mol. The number of carbonyl (C=O) groups is 3. The number of hydrogen-bond acceptors (Lipinski definition) is 5. The number of nitrogens with one attached hydrogen (secondary N) is 2. The molecule has 3 amide bonds. The van der Waals surface area contributed by atoms with E-state index in [1.807, 2.05) is 52.0 Å². The Hall–Kier alpha value is -2.61. The third-order valence-electron chi connectivity index (χ3n) is 5.29. The Bertz CT molecular complexity index is 789. The summed E-state index contributed by atoms with van der Waals surface area (Å²) in [5.41, 5.74) is 1.04. The van der Waals surface area contributed by atoms with Crippen LogP contribution in [0.1, 0.15) is 84.9 Å². The molecule has 0 spiro atoms. The molecule has 0 bridgehead atoms. The highest BCUT2D eigenvalue weighted by atomic mass is 16.6. The van der Waals surface area contributed by atoms with Crippen molar-refractivity contribution in [2.75, 3.05) is 13.2 Å². The van der Waals surface area contributed by atoms with Crippen LogP contribution < -0.4 is 10.6 Å². The molecule has 0 aliphatic carbocycles. The molecular formula is C26H43N3O5. The number of carbonyl (C=O) groups excluding carboxylic acids is 3. The highest BCUT2D eigenvalue weighted by Crippen LogP contribution is 2.24. The van der Waals surface area contributed by atoms with E-state index in [-0.39, 0.29) is 18.5 Å². The summed E-state index contributed by atoms with van der Waals surface area (Å²) in [7, 11) is 0. The quantitative estimate of drug-likeness (QED) is 0.425. The van der Waals surface area contributed by atoms with Crippen molar-refractivity contribution in [2.45, 2.75) is 97.9 Å². The molecule has 0 aliphatic rings. The average Bonchev–Trinajstić information content (AvgIpc) is 2.76. The van der Waals surface area contributed by atoms with Crippen LogP contribution in [0.15, 0.2) is 24.3 Å². The second-order valence-corrected chi connectivity index (χ2v) is 9.61. The van der Waals surface area contributed by atoms with Gasteiger partial charge in [-0.1, -0.05) is 51.5 Å². The van der Waals surface area contributed by atoms with Crippen molar-refractivity contribution in [3.63, 3.8) is 0 Å². The van der Waals surface area contributed by atoms with E-state index >= 15 is 0 Å². The Morgan fingerprint density at radius 3 is 2.12 bits per heavy atom. The molecule has 34 heavy (non-hydrogen) atoms. The van der Waals surface area contributed by atoms with Gasteiger partial charge in [0.25, 0.3) is 0 Å². The minimum Gasteiger partial charge on any atom is -0.444 e. The normalized spacial score (nSPS) is 14.0. The molecule has 3 unspecified atom stereocenters. The zero-order chi connectivity index (χ0) is 25.9. The van der Waals surface area contributed by atoms with E-state index in [1.165, 1.54) is 4.90 Å². The fourth-order valence-electron chi connectivity index (χ4n) is 3.68. The average molecular weight is 478 g/mol. The van der Waals surface area contributed by atoms with Crippen molar-refractivity contribution in [1.82, 2.24) is 15.5 Å². The summed E-state index contributed by atoms with van der Waals surface area (Å²) in [5.74, 6) is -0.834. The Balaban J connectivity index is 3.32. The number of nitrogens with zero attached hydrogens (tertiary/aromatic N) is 1. The number of hydrogen-bond donors (Lipinski definition) is 3. The molecule has 0 saturated heterocycles. The number of rotatable bonds is 12. The standard InChI is InChI=1S/C26H43N3O5/c1-8-11-18(4)27-23(31)22(20-14-12-19(10-3)13-15-20)29(16-9-2)24(32)21(17-30)28-25(33)34-26(5,6)7/h12-15,18,21-22,30H,8-11,16-17H2,1-7H3,(H,27,31)(H,28,33). The van der Waals surface area contributed by atoms with E-state index in [1.54, 1.807) is 20.8 Å². The summed E-state index contributed by atoms with van der Waals surface area (Å²) in [5, 5.41) is 15.4. The molecular weight excluding hydrogens is 434 g/mol. The lowest BCUT2D eigenvalue weighted by Gasteiger charge is -2.34. The molecule has 1 rings (SSSR count). The summed E-state index contributed by atoms with van der Waals surface area (Å²) in [6, 6.07) is 5.43. The van der Waals surface area contributed by atoms with Crippen LogP contribution in [-0.2, 0) is 20.7 Å². The van der Waals surface area contributed by atoms with Gasteiger partial charge in [-0.3, -0.25) is 9.59 Å². The second kappa shape index (κ2) is 13.9. The summed E-state index contributed by atoms with van der Waals surface area (Å²) in [6.45, 7) is 12.7. The number of aliphatic hydroxyl groups is 1. The van der Waals surface area contributed by atoms with Gasteiger partial charge >= 0.3 is 6.09 Å². The SMILES string of the molecule is CCCC(C)NC(=O)C(c1ccc(CC)cc1)N(CCC)C(=O)C(CO)NC(=O)OC(C)(C)C. The summed E-state index contributed by atoms with van der Waals surface area (Å²) < 4.78 is 5.25. The molecule has 0 heterocycles. The third kappa shape index (κ3) is 9.33. The van der Waals surface area contributed by atoms with Gasteiger partial charge in [-0.05, 0) is 58.1 Å². The Kier molecular flexibility index (Phi) is 12.1. The Morgan fingerprint density at radius 2 is 1.65 bits per heavy atom. The lowest BCUT2D eigenvalue weighted by Crippen LogP contribution is -2.55. The van der Waals surface area contributed by atoms with Crippen LogP contribution in [0.4, 0.5) is 4.79 Å². The van der Waals surface area contributed by atoms with Crippen molar-refractivity contribution in [2.24, 2.45) is 0 Å². The van der Waals surface area contributed by atoms with Crippen LogP contribution in [0.2, 0.25) is 0 Å². The van der Waals surface area contributed by atoms with Crippen LogP contribution in [0.5, 0.6) is 0 Å². The summed E-state index contributed by atoms with van der Waals surface area (Å²) in [4.78, 5) is 40.7. The molecule has 0 aliphatic heterocycles. The molecule has 3 N–H and O–H groups in total. The van der Waals surface area contributed by atoms with Crippen LogP contribution in [0.3, 0.4) is 0 Å². The van der Waals surface area contributed by atoms with E-state index in [2.05, 4.69) is 10.6 Å². The molecule has 8 nitrogen and oxygen atoms in total. The molecule has 0 saturated carbocycles. The molecule has 0 fully saturated rings. The van der Waals surface area contributed by atoms with Gasteiger partial charge in [0.15, 0.2) is 0 Å². The largest absolute Gasteiger partial charge is 0.444 e. The number of alkyl carbamates (subject to hydrolysis) is 1. The first-order valence-electron chi connectivity index (χ1n) is 12.3. The van der Waals surface area contributed by atoms with Crippen LogP contribution in [0, 0.1) is 0 Å². The number of aliphatic hydroxyl groups excluding tert-OH is 1. The van der Waals surface area contributed by atoms with Gasteiger partial charge in [0.2, 0.25) is 11.8 Å². The first-order valence-corrected chi connectivity index (χ1v) is 12.3. The third-order valence-corrected chi connectivity index (χ3v) is 5.29. The maximum Gasteiger partial charge on any atom is 0.408 e. The number of benzene rings is 1. The fourth-order valence-corrected chi connectivity index (χ4v) is 3.68. The lowest BCUT2D eigenvalue weighted by atomic mass is 10.00. The monoisotopic (exact) mass is 477 g/mol. The molecule has 192 valence electrons. The summed E-state index contributed by atoms with van der Waals surface area (Å²) in [6.07, 6.45) is 2.38. The minimum absolute atomic E-state index is 0.0537. The van der Waals surface area contributed by atoms with Gasteiger partial charge in [0.1, 0.15) is 17.7 Å². The molecule has 8 heteroatoms. The first kappa shape index (κ1) is 29.4. The van der Waals surface area contributed by atoms with E-state index in [4.69, 9.17) is 4.74 Å². The van der Waals surface area contributed by atoms with Crippen LogP contribution in [0.25, 0.3) is 0 Å². The predicted octanol–water partition coefficient (Wildman–Crippen LogP) is 3.72. The van der Waals surface area contributed by atoms with E-state index in [0.29, 0.717) is 12.0 Å². The topological polar surface area (TPSA) is 108 Å². The number of aryl methyl sites for hydroxylation is 1. The van der Waals surface area contributed by atoms with Gasteiger partial charge in [-0.2, -0.15) is 0 Å². The van der Waals surface area contributed by atoms with Crippen molar-refractivity contribution in [3.8, 4) is 0 Å². The van der Waals surface area contributed by atoms with E-state index < -0.39 is 36.3 Å². The van der Waals surface area contributed by atoms with Crippen molar-refractivity contribution >= 4 is 17.9 Å². The van der Waals surface area contributed by atoms with Crippen molar-refractivity contribution in [1.29, 1.82) is 0 Å². The minimum atomic E-state index is -1.24. The van der Waals surface area contributed by atoms with Gasteiger partial charge < -0.3 is 25.4 Å². The van der Waals surface area contributed by atoms with Gasteiger partial charge in [0, 0.05) is 12.6 Å². The molecule has 0 aromatic heterocycles. The summed E-state index contributed by atoms with van der Waals surface area (Å²) >= 11 is 0. The molecule has 3 atom stereocenters. The van der Waals surface area contributed by atoms with Crippen LogP contribution >= 0.6 is 0 Å².